The Hall–Kier alpha value is -0.980. The van der Waals surface area contributed by atoms with Crippen molar-refractivity contribution in [2.45, 2.75) is 19.8 Å². The van der Waals surface area contributed by atoms with Crippen LogP contribution in [0.3, 0.4) is 0 Å². The Labute approximate surface area is 119 Å². The standard InChI is InChI=1S/C12H19N3O.HI/c1-9(2)10-3-5-11(6-4-10)16-8-7-15-12(13)14;/h3-6,9H,7-8H2,1-2H3,(H4,13,14,15);1H. The van der Waals surface area contributed by atoms with Crippen LogP contribution in [0.2, 0.25) is 0 Å². The number of hydrogen-bond acceptors (Lipinski definition) is 2. The summed E-state index contributed by atoms with van der Waals surface area (Å²) in [6, 6.07) is 8.07. The summed E-state index contributed by atoms with van der Waals surface area (Å²) in [4.78, 5) is 3.83. The van der Waals surface area contributed by atoms with Gasteiger partial charge in [0.15, 0.2) is 5.96 Å². The molecule has 17 heavy (non-hydrogen) atoms. The van der Waals surface area contributed by atoms with Crippen molar-refractivity contribution in [1.29, 1.82) is 0 Å². The number of nitrogens with two attached hydrogens (primary N) is 2. The highest BCUT2D eigenvalue weighted by molar-refractivity contribution is 14.0. The predicted octanol–water partition coefficient (Wildman–Crippen LogP) is 2.08. The Morgan fingerprint density at radius 2 is 1.82 bits per heavy atom. The Bertz CT molecular complexity index is 345. The molecule has 0 spiro atoms. The lowest BCUT2D eigenvalue weighted by Gasteiger charge is -2.07. The molecule has 0 aromatic heterocycles. The molecule has 0 fully saturated rings. The summed E-state index contributed by atoms with van der Waals surface area (Å²) in [5, 5.41) is 0. The molecule has 0 aliphatic heterocycles. The summed E-state index contributed by atoms with van der Waals surface area (Å²) in [6.07, 6.45) is 0. The number of ether oxygens (including phenoxy) is 1. The topological polar surface area (TPSA) is 73.6 Å². The van der Waals surface area contributed by atoms with Crippen LogP contribution in [0.25, 0.3) is 0 Å². The summed E-state index contributed by atoms with van der Waals surface area (Å²) in [7, 11) is 0. The third-order valence-corrected chi connectivity index (χ3v) is 2.20. The molecule has 96 valence electrons. The van der Waals surface area contributed by atoms with E-state index in [1.807, 2.05) is 12.1 Å². The smallest absolute Gasteiger partial charge is 0.186 e. The van der Waals surface area contributed by atoms with Gasteiger partial charge >= 0.3 is 0 Å². The number of hydrogen-bond donors (Lipinski definition) is 2. The molecule has 0 radical (unpaired) electrons. The van der Waals surface area contributed by atoms with E-state index >= 15 is 0 Å². The maximum atomic E-state index is 5.47. The summed E-state index contributed by atoms with van der Waals surface area (Å²) in [6.45, 7) is 5.29. The first-order valence-electron chi connectivity index (χ1n) is 5.37. The van der Waals surface area contributed by atoms with Gasteiger partial charge in [0.25, 0.3) is 0 Å². The number of benzene rings is 1. The van der Waals surface area contributed by atoms with Gasteiger partial charge in [-0.25, -0.2) is 0 Å². The quantitative estimate of drug-likeness (QED) is 0.370. The molecule has 4 N–H and O–H groups in total. The van der Waals surface area contributed by atoms with Crippen molar-refractivity contribution in [1.82, 2.24) is 0 Å². The second-order valence-corrected chi connectivity index (χ2v) is 3.88. The van der Waals surface area contributed by atoms with Gasteiger partial charge < -0.3 is 16.2 Å². The zero-order chi connectivity index (χ0) is 12.0. The third kappa shape index (κ3) is 6.35. The van der Waals surface area contributed by atoms with Crippen LogP contribution in [0.1, 0.15) is 25.3 Å². The van der Waals surface area contributed by atoms with Crippen LogP contribution >= 0.6 is 24.0 Å². The van der Waals surface area contributed by atoms with Gasteiger partial charge in [-0.05, 0) is 23.6 Å². The first-order valence-corrected chi connectivity index (χ1v) is 5.37. The zero-order valence-electron chi connectivity index (χ0n) is 10.2. The molecule has 0 saturated carbocycles. The molecule has 5 heteroatoms. The molecular formula is C12H20IN3O. The average Bonchev–Trinajstić information content (AvgIpc) is 2.25. The van der Waals surface area contributed by atoms with Gasteiger partial charge in [-0.2, -0.15) is 0 Å². The molecule has 0 unspecified atom stereocenters. The van der Waals surface area contributed by atoms with Crippen molar-refractivity contribution in [3.8, 4) is 5.75 Å². The van der Waals surface area contributed by atoms with Gasteiger partial charge in [0.1, 0.15) is 12.4 Å². The van der Waals surface area contributed by atoms with Crippen LogP contribution in [0.15, 0.2) is 29.3 Å². The highest BCUT2D eigenvalue weighted by Crippen LogP contribution is 2.18. The monoisotopic (exact) mass is 349 g/mol. The van der Waals surface area contributed by atoms with Crippen LogP contribution in [-0.2, 0) is 0 Å². The maximum absolute atomic E-state index is 5.47. The Balaban J connectivity index is 0.00000256. The molecule has 1 aromatic rings. The first-order chi connectivity index (χ1) is 7.59. The molecule has 0 aliphatic rings. The second kappa shape index (κ2) is 8.16. The van der Waals surface area contributed by atoms with E-state index in [0.29, 0.717) is 19.1 Å². The molecule has 0 amide bonds. The minimum atomic E-state index is 0. The number of guanidine groups is 1. The largest absolute Gasteiger partial charge is 0.492 e. The summed E-state index contributed by atoms with van der Waals surface area (Å²) < 4.78 is 5.47. The summed E-state index contributed by atoms with van der Waals surface area (Å²) in [5.41, 5.74) is 11.7. The van der Waals surface area contributed by atoms with Crippen molar-refractivity contribution in [2.24, 2.45) is 16.5 Å². The van der Waals surface area contributed by atoms with Crippen LogP contribution in [-0.4, -0.2) is 19.1 Å². The van der Waals surface area contributed by atoms with Crippen molar-refractivity contribution < 1.29 is 4.74 Å². The van der Waals surface area contributed by atoms with Crippen LogP contribution in [0.4, 0.5) is 0 Å². The van der Waals surface area contributed by atoms with E-state index in [1.165, 1.54) is 5.56 Å². The van der Waals surface area contributed by atoms with Gasteiger partial charge in [-0.15, -0.1) is 24.0 Å². The molecule has 0 bridgehead atoms. The van der Waals surface area contributed by atoms with E-state index in [1.54, 1.807) is 0 Å². The highest BCUT2D eigenvalue weighted by atomic mass is 127. The zero-order valence-corrected chi connectivity index (χ0v) is 12.5. The fraction of sp³-hybridized carbons (Fsp3) is 0.417. The number of halogens is 1. The Kier molecular flexibility index (Phi) is 7.69. The lowest BCUT2D eigenvalue weighted by Crippen LogP contribution is -2.23. The Morgan fingerprint density at radius 3 is 2.29 bits per heavy atom. The third-order valence-electron chi connectivity index (χ3n) is 2.20. The molecule has 0 saturated heterocycles. The van der Waals surface area contributed by atoms with Gasteiger partial charge in [-0.3, -0.25) is 4.99 Å². The minimum absolute atomic E-state index is 0. The van der Waals surface area contributed by atoms with Crippen LogP contribution < -0.4 is 16.2 Å². The Morgan fingerprint density at radius 1 is 1.24 bits per heavy atom. The van der Waals surface area contributed by atoms with Crippen LogP contribution in [0, 0.1) is 0 Å². The van der Waals surface area contributed by atoms with E-state index < -0.39 is 0 Å². The van der Waals surface area contributed by atoms with Gasteiger partial charge in [0.05, 0.1) is 6.54 Å². The van der Waals surface area contributed by atoms with E-state index in [0.717, 1.165) is 5.75 Å². The van der Waals surface area contributed by atoms with Gasteiger partial charge in [0.2, 0.25) is 0 Å². The van der Waals surface area contributed by atoms with E-state index in [-0.39, 0.29) is 29.9 Å². The fourth-order valence-electron chi connectivity index (χ4n) is 1.29. The van der Waals surface area contributed by atoms with E-state index in [9.17, 15) is 0 Å². The van der Waals surface area contributed by atoms with Crippen LogP contribution in [0.5, 0.6) is 5.75 Å². The normalized spacial score (nSPS) is 9.59. The van der Waals surface area contributed by atoms with E-state index in [4.69, 9.17) is 16.2 Å². The average molecular weight is 349 g/mol. The second-order valence-electron chi connectivity index (χ2n) is 3.88. The molecule has 0 aliphatic carbocycles. The van der Waals surface area contributed by atoms with Crippen molar-refractivity contribution in [3.63, 3.8) is 0 Å². The number of rotatable bonds is 5. The summed E-state index contributed by atoms with van der Waals surface area (Å²) >= 11 is 0. The molecule has 4 nitrogen and oxygen atoms in total. The van der Waals surface area contributed by atoms with E-state index in [2.05, 4.69) is 31.0 Å². The van der Waals surface area contributed by atoms with Crippen molar-refractivity contribution in [3.05, 3.63) is 29.8 Å². The highest BCUT2D eigenvalue weighted by Gasteiger charge is 1.98. The van der Waals surface area contributed by atoms with Gasteiger partial charge in [0, 0.05) is 0 Å². The lowest BCUT2D eigenvalue weighted by molar-refractivity contribution is 0.328. The number of nitrogens with zero attached hydrogens (tertiary/aromatic N) is 1. The molecular weight excluding hydrogens is 329 g/mol. The predicted molar refractivity (Wildman–Crippen MR) is 82.1 cm³/mol. The molecule has 0 atom stereocenters. The number of aliphatic imine (C=N–C) groups is 1. The summed E-state index contributed by atoms with van der Waals surface area (Å²) in [5.74, 6) is 1.48. The molecule has 1 rings (SSSR count). The lowest BCUT2D eigenvalue weighted by atomic mass is 10.0. The molecule has 1 aromatic carbocycles. The van der Waals surface area contributed by atoms with Gasteiger partial charge in [-0.1, -0.05) is 26.0 Å². The van der Waals surface area contributed by atoms with Crippen molar-refractivity contribution in [2.75, 3.05) is 13.2 Å². The SMILES string of the molecule is CC(C)c1ccc(OCCN=C(N)N)cc1.I. The minimum Gasteiger partial charge on any atom is -0.492 e. The van der Waals surface area contributed by atoms with Crippen molar-refractivity contribution >= 4 is 29.9 Å². The first kappa shape index (κ1) is 16.0. The fourth-order valence-corrected chi connectivity index (χ4v) is 1.29. The molecule has 0 heterocycles. The maximum Gasteiger partial charge on any atom is 0.186 e.